The fourth-order valence-electron chi connectivity index (χ4n) is 3.19. The molecule has 2 atom stereocenters. The fourth-order valence-corrected chi connectivity index (χ4v) is 3.19. The van der Waals surface area contributed by atoms with Gasteiger partial charge in [-0.05, 0) is 55.3 Å². The average molecular weight is 194 g/mol. The van der Waals surface area contributed by atoms with Gasteiger partial charge < -0.3 is 0 Å². The van der Waals surface area contributed by atoms with Crippen molar-refractivity contribution in [1.82, 2.24) is 0 Å². The lowest BCUT2D eigenvalue weighted by Crippen LogP contribution is -2.19. The molecule has 2 unspecified atom stereocenters. The average Bonchev–Trinajstić information content (AvgIpc) is 2.64. The quantitative estimate of drug-likeness (QED) is 0.570. The van der Waals surface area contributed by atoms with Gasteiger partial charge in [0.05, 0.1) is 0 Å². The minimum atomic E-state index is 0.619. The van der Waals surface area contributed by atoms with E-state index in [0.717, 1.165) is 5.41 Å². The predicted octanol–water partition coefficient (Wildman–Crippen LogP) is 4.78. The van der Waals surface area contributed by atoms with Gasteiger partial charge in [-0.25, -0.2) is 0 Å². The zero-order valence-electron chi connectivity index (χ0n) is 10.2. The van der Waals surface area contributed by atoms with Gasteiger partial charge in [-0.3, -0.25) is 0 Å². The zero-order valence-corrected chi connectivity index (χ0v) is 10.2. The number of hydrogen-bond donors (Lipinski definition) is 0. The van der Waals surface area contributed by atoms with Gasteiger partial charge in [-0.2, -0.15) is 0 Å². The van der Waals surface area contributed by atoms with E-state index in [1.54, 1.807) is 19.3 Å². The number of hydrogen-bond acceptors (Lipinski definition) is 0. The molecular formula is C14H26. The van der Waals surface area contributed by atoms with Crippen molar-refractivity contribution in [3.63, 3.8) is 0 Å². The monoisotopic (exact) mass is 194 g/mol. The van der Waals surface area contributed by atoms with Crippen LogP contribution >= 0.6 is 0 Å². The number of unbranched alkanes of at least 4 members (excludes halogenated alkanes) is 1. The summed E-state index contributed by atoms with van der Waals surface area (Å²) >= 11 is 0. The first-order chi connectivity index (χ1) is 6.58. The van der Waals surface area contributed by atoms with Gasteiger partial charge in [0.15, 0.2) is 0 Å². The molecule has 2 rings (SSSR count). The summed E-state index contributed by atoms with van der Waals surface area (Å²) in [6.07, 6.45) is 11.9. The van der Waals surface area contributed by atoms with Gasteiger partial charge in [-0.15, -0.1) is 0 Å². The first kappa shape index (κ1) is 10.5. The SMILES string of the molecule is CCCCC(C)(C)CCC12CCC1C2. The van der Waals surface area contributed by atoms with Gasteiger partial charge in [0, 0.05) is 0 Å². The van der Waals surface area contributed by atoms with E-state index in [1.165, 1.54) is 38.0 Å². The van der Waals surface area contributed by atoms with Crippen molar-refractivity contribution < 1.29 is 0 Å². The second-order valence-corrected chi connectivity index (χ2v) is 6.57. The van der Waals surface area contributed by atoms with Crippen LogP contribution in [0.4, 0.5) is 0 Å². The van der Waals surface area contributed by atoms with Gasteiger partial charge >= 0.3 is 0 Å². The van der Waals surface area contributed by atoms with Crippen LogP contribution < -0.4 is 0 Å². The van der Waals surface area contributed by atoms with Crippen LogP contribution in [0.5, 0.6) is 0 Å². The van der Waals surface area contributed by atoms with Crippen LogP contribution in [0.25, 0.3) is 0 Å². The molecule has 0 spiro atoms. The van der Waals surface area contributed by atoms with Crippen LogP contribution in [0.1, 0.15) is 72.1 Å². The molecule has 0 amide bonds. The molecular weight excluding hydrogens is 168 g/mol. The summed E-state index contributed by atoms with van der Waals surface area (Å²) < 4.78 is 0. The summed E-state index contributed by atoms with van der Waals surface area (Å²) in [5.74, 6) is 1.17. The Kier molecular flexibility index (Phi) is 2.66. The Morgan fingerprint density at radius 1 is 1.29 bits per heavy atom. The van der Waals surface area contributed by atoms with Crippen molar-refractivity contribution in [3.05, 3.63) is 0 Å². The van der Waals surface area contributed by atoms with E-state index in [4.69, 9.17) is 0 Å². The minimum absolute atomic E-state index is 0.619. The summed E-state index contributed by atoms with van der Waals surface area (Å²) in [5, 5.41) is 0. The first-order valence-corrected chi connectivity index (χ1v) is 6.58. The standard InChI is InChI=1S/C14H26/c1-4-5-7-13(2,3)9-10-14-8-6-12(14)11-14/h12H,4-11H2,1-3H3. The fraction of sp³-hybridized carbons (Fsp3) is 1.00. The van der Waals surface area contributed by atoms with Gasteiger partial charge in [0.1, 0.15) is 0 Å². The molecule has 2 aliphatic carbocycles. The van der Waals surface area contributed by atoms with E-state index in [0.29, 0.717) is 5.41 Å². The molecule has 0 heteroatoms. The van der Waals surface area contributed by atoms with Crippen molar-refractivity contribution in [2.75, 3.05) is 0 Å². The lowest BCUT2D eigenvalue weighted by atomic mass is 9.74. The normalized spacial score (nSPS) is 34.9. The maximum absolute atomic E-state index is 2.47. The van der Waals surface area contributed by atoms with Gasteiger partial charge in [0.2, 0.25) is 0 Å². The van der Waals surface area contributed by atoms with Crippen LogP contribution in [0, 0.1) is 16.7 Å². The van der Waals surface area contributed by atoms with Crippen molar-refractivity contribution in [2.24, 2.45) is 16.7 Å². The third kappa shape index (κ3) is 1.99. The van der Waals surface area contributed by atoms with Crippen LogP contribution in [-0.4, -0.2) is 0 Å². The Hall–Kier alpha value is 0. The van der Waals surface area contributed by atoms with Crippen molar-refractivity contribution in [1.29, 1.82) is 0 Å². The van der Waals surface area contributed by atoms with Gasteiger partial charge in [0.25, 0.3) is 0 Å². The summed E-state index contributed by atoms with van der Waals surface area (Å²) in [6.45, 7) is 7.24. The second-order valence-electron chi connectivity index (χ2n) is 6.57. The topological polar surface area (TPSA) is 0 Å². The maximum atomic E-state index is 2.47. The zero-order chi connectivity index (χ0) is 10.2. The summed E-state index contributed by atoms with van der Waals surface area (Å²) in [4.78, 5) is 0. The van der Waals surface area contributed by atoms with E-state index in [1.807, 2.05) is 0 Å². The van der Waals surface area contributed by atoms with E-state index in [2.05, 4.69) is 20.8 Å². The van der Waals surface area contributed by atoms with Crippen LogP contribution in [0.3, 0.4) is 0 Å². The minimum Gasteiger partial charge on any atom is -0.0654 e. The first-order valence-electron chi connectivity index (χ1n) is 6.58. The maximum Gasteiger partial charge on any atom is -0.0266 e. The third-order valence-corrected chi connectivity index (χ3v) is 4.86. The number of fused-ring (bicyclic) bond motifs is 1. The molecule has 0 heterocycles. The van der Waals surface area contributed by atoms with E-state index >= 15 is 0 Å². The Balaban J connectivity index is 1.68. The highest BCUT2D eigenvalue weighted by molar-refractivity contribution is 5.10. The highest BCUT2D eigenvalue weighted by Gasteiger charge is 2.60. The molecule has 82 valence electrons. The van der Waals surface area contributed by atoms with E-state index in [-0.39, 0.29) is 0 Å². The molecule has 0 bridgehead atoms. The molecule has 0 radical (unpaired) electrons. The Labute approximate surface area is 89.5 Å². The third-order valence-electron chi connectivity index (χ3n) is 4.86. The number of rotatable bonds is 6. The Morgan fingerprint density at radius 3 is 2.50 bits per heavy atom. The highest BCUT2D eigenvalue weighted by Crippen LogP contribution is 2.70. The molecule has 0 aliphatic heterocycles. The molecule has 0 aromatic carbocycles. The lowest BCUT2D eigenvalue weighted by Gasteiger charge is -2.31. The molecule has 2 aliphatic rings. The van der Waals surface area contributed by atoms with E-state index in [9.17, 15) is 0 Å². The molecule has 0 nitrogen and oxygen atoms in total. The second kappa shape index (κ2) is 3.54. The van der Waals surface area contributed by atoms with Crippen molar-refractivity contribution >= 4 is 0 Å². The summed E-state index contributed by atoms with van der Waals surface area (Å²) in [6, 6.07) is 0. The largest absolute Gasteiger partial charge is 0.0654 e. The highest BCUT2D eigenvalue weighted by atomic mass is 14.6. The molecule has 0 aromatic rings. The summed E-state index contributed by atoms with van der Waals surface area (Å²) in [5.41, 5.74) is 1.51. The Morgan fingerprint density at radius 2 is 2.07 bits per heavy atom. The van der Waals surface area contributed by atoms with Crippen LogP contribution in [0.2, 0.25) is 0 Å². The van der Waals surface area contributed by atoms with Crippen molar-refractivity contribution in [3.8, 4) is 0 Å². The van der Waals surface area contributed by atoms with Crippen LogP contribution in [0.15, 0.2) is 0 Å². The Bertz CT molecular complexity index is 200. The molecule has 0 saturated heterocycles. The molecule has 0 aromatic heterocycles. The molecule has 0 N–H and O–H groups in total. The molecule has 2 saturated carbocycles. The van der Waals surface area contributed by atoms with Crippen LogP contribution in [-0.2, 0) is 0 Å². The van der Waals surface area contributed by atoms with Gasteiger partial charge in [-0.1, -0.05) is 33.6 Å². The van der Waals surface area contributed by atoms with E-state index < -0.39 is 0 Å². The predicted molar refractivity (Wildman–Crippen MR) is 62.3 cm³/mol. The smallest absolute Gasteiger partial charge is 0.0266 e. The van der Waals surface area contributed by atoms with Crippen molar-refractivity contribution in [2.45, 2.75) is 72.1 Å². The molecule has 14 heavy (non-hydrogen) atoms. The lowest BCUT2D eigenvalue weighted by molar-refractivity contribution is 0.204. The summed E-state index contributed by atoms with van der Waals surface area (Å²) in [7, 11) is 0. The molecule has 2 fully saturated rings.